The molecule has 1 amide bonds. The van der Waals surface area contributed by atoms with Crippen molar-refractivity contribution in [1.29, 1.82) is 0 Å². The van der Waals surface area contributed by atoms with E-state index in [1.54, 1.807) is 0 Å². The highest BCUT2D eigenvalue weighted by molar-refractivity contribution is 6.32. The molecule has 4 heterocycles. The van der Waals surface area contributed by atoms with Crippen molar-refractivity contribution in [2.45, 2.75) is 31.0 Å². The standard InChI is InChI=1S/C20H15Cl2F3N8O2/c1-2-35-19(20(23,24)25)7-11(12-9-26-15-6-14(22)31-32(15)16(12)19)18(34)30-10-5-13(21)17(27-8-10)33-28-3-4-29-33/h3-6,8-9,11H,2,7H2,1H3,(H,30,34)/t11-,19+/m1/s1. The Labute approximate surface area is 205 Å². The maximum atomic E-state index is 14.5. The van der Waals surface area contributed by atoms with E-state index in [1.165, 1.54) is 48.6 Å². The molecular formula is C20H15Cl2F3N8O2. The van der Waals surface area contributed by atoms with Gasteiger partial charge in [-0.05, 0) is 13.0 Å². The number of rotatable bonds is 5. The topological polar surface area (TPSA) is 112 Å². The summed E-state index contributed by atoms with van der Waals surface area (Å²) in [5.41, 5.74) is -2.82. The summed E-state index contributed by atoms with van der Waals surface area (Å²) in [4.78, 5) is 22.7. The average Bonchev–Trinajstić information content (AvgIpc) is 3.50. The van der Waals surface area contributed by atoms with E-state index in [4.69, 9.17) is 27.9 Å². The molecule has 0 aliphatic heterocycles. The Kier molecular flexibility index (Phi) is 5.65. The molecule has 5 rings (SSSR count). The summed E-state index contributed by atoms with van der Waals surface area (Å²) in [5.74, 6) is -1.76. The molecule has 1 aliphatic carbocycles. The number of amides is 1. The van der Waals surface area contributed by atoms with Crippen LogP contribution >= 0.6 is 23.2 Å². The molecule has 0 saturated heterocycles. The first-order valence-corrected chi connectivity index (χ1v) is 11.0. The first-order valence-electron chi connectivity index (χ1n) is 10.2. The van der Waals surface area contributed by atoms with Gasteiger partial charge in [0, 0.05) is 30.9 Å². The third-order valence-electron chi connectivity index (χ3n) is 5.59. The van der Waals surface area contributed by atoms with Crippen molar-refractivity contribution >= 4 is 40.4 Å². The lowest BCUT2D eigenvalue weighted by molar-refractivity contribution is -0.285. The lowest BCUT2D eigenvalue weighted by Crippen LogP contribution is -2.45. The zero-order chi connectivity index (χ0) is 25.0. The highest BCUT2D eigenvalue weighted by Gasteiger charge is 2.65. The molecule has 0 saturated carbocycles. The van der Waals surface area contributed by atoms with Crippen LogP contribution in [0.15, 0.2) is 36.9 Å². The number of alkyl halides is 3. The Balaban J connectivity index is 1.54. The summed E-state index contributed by atoms with van der Waals surface area (Å²) in [6.07, 6.45) is -0.171. The van der Waals surface area contributed by atoms with Crippen LogP contribution in [0.5, 0.6) is 0 Å². The molecule has 4 aromatic heterocycles. The van der Waals surface area contributed by atoms with E-state index < -0.39 is 30.0 Å². The number of halogens is 5. The van der Waals surface area contributed by atoms with Crippen LogP contribution in [0.2, 0.25) is 10.2 Å². The van der Waals surface area contributed by atoms with E-state index in [9.17, 15) is 18.0 Å². The Morgan fingerprint density at radius 3 is 2.63 bits per heavy atom. The van der Waals surface area contributed by atoms with Crippen LogP contribution in [-0.4, -0.2) is 53.3 Å². The summed E-state index contributed by atoms with van der Waals surface area (Å²) in [6.45, 7) is 1.19. The van der Waals surface area contributed by atoms with Crippen LogP contribution in [0.3, 0.4) is 0 Å². The number of anilines is 1. The van der Waals surface area contributed by atoms with Gasteiger partial charge in [0.25, 0.3) is 0 Å². The monoisotopic (exact) mass is 526 g/mol. The third kappa shape index (κ3) is 3.79. The molecular weight excluding hydrogens is 512 g/mol. The number of pyridine rings is 1. The number of nitrogens with zero attached hydrogens (tertiary/aromatic N) is 7. The number of ether oxygens (including phenoxy) is 1. The van der Waals surface area contributed by atoms with Crippen LogP contribution in [-0.2, 0) is 15.1 Å². The van der Waals surface area contributed by atoms with Crippen LogP contribution < -0.4 is 5.32 Å². The largest absolute Gasteiger partial charge is 0.423 e. The fourth-order valence-corrected chi connectivity index (χ4v) is 4.63. The number of hydrogen-bond donors (Lipinski definition) is 1. The van der Waals surface area contributed by atoms with Crippen molar-refractivity contribution in [2.24, 2.45) is 0 Å². The minimum atomic E-state index is -4.86. The van der Waals surface area contributed by atoms with E-state index in [1.807, 2.05) is 0 Å². The van der Waals surface area contributed by atoms with Gasteiger partial charge in [0.05, 0.1) is 40.9 Å². The van der Waals surface area contributed by atoms with E-state index in [0.717, 1.165) is 4.52 Å². The maximum Gasteiger partial charge on any atom is 0.423 e. The van der Waals surface area contributed by atoms with E-state index in [-0.39, 0.29) is 45.2 Å². The molecule has 0 bridgehead atoms. The molecule has 182 valence electrons. The van der Waals surface area contributed by atoms with Crippen molar-refractivity contribution in [1.82, 2.24) is 34.6 Å². The number of hydrogen-bond acceptors (Lipinski definition) is 7. The molecule has 0 spiro atoms. The SMILES string of the molecule is CCO[C@@]1(C(F)(F)F)C[C@@H](C(=O)Nc2cnc(-n3nccn3)c(Cl)c2)c2cnc3cc(Cl)nn3c21. The van der Waals surface area contributed by atoms with Gasteiger partial charge in [-0.25, -0.2) is 14.5 Å². The Bertz CT molecular complexity index is 1430. The van der Waals surface area contributed by atoms with Gasteiger partial charge in [0.1, 0.15) is 0 Å². The zero-order valence-electron chi connectivity index (χ0n) is 17.8. The minimum absolute atomic E-state index is 0.0250. The van der Waals surface area contributed by atoms with Gasteiger partial charge in [0.2, 0.25) is 11.5 Å². The fourth-order valence-electron chi connectivity index (χ4n) is 4.21. The van der Waals surface area contributed by atoms with Crippen LogP contribution in [0.25, 0.3) is 11.5 Å². The van der Waals surface area contributed by atoms with Gasteiger partial charge in [-0.3, -0.25) is 4.79 Å². The normalized spacial score (nSPS) is 19.8. The van der Waals surface area contributed by atoms with Crippen LogP contribution in [0, 0.1) is 0 Å². The molecule has 0 fully saturated rings. The second-order valence-corrected chi connectivity index (χ2v) is 8.45. The van der Waals surface area contributed by atoms with Crippen LogP contribution in [0.4, 0.5) is 18.9 Å². The number of nitrogens with one attached hydrogen (secondary N) is 1. The predicted octanol–water partition coefficient (Wildman–Crippen LogP) is 3.93. The number of aromatic nitrogens is 7. The molecule has 15 heteroatoms. The van der Waals surface area contributed by atoms with Gasteiger partial charge in [-0.15, -0.1) is 4.80 Å². The molecule has 35 heavy (non-hydrogen) atoms. The summed E-state index contributed by atoms with van der Waals surface area (Å²) in [5, 5.41) is 14.5. The summed E-state index contributed by atoms with van der Waals surface area (Å²) in [7, 11) is 0. The number of carbonyl (C=O) groups excluding carboxylic acids is 1. The van der Waals surface area contributed by atoms with E-state index in [2.05, 4.69) is 30.6 Å². The third-order valence-corrected chi connectivity index (χ3v) is 6.06. The number of carbonyl (C=O) groups is 1. The molecule has 2 atom stereocenters. The molecule has 0 aromatic carbocycles. The Hall–Kier alpha value is -3.29. The highest BCUT2D eigenvalue weighted by atomic mass is 35.5. The van der Waals surface area contributed by atoms with Gasteiger partial charge in [-0.2, -0.15) is 28.5 Å². The lowest BCUT2D eigenvalue weighted by atomic mass is 9.96. The highest BCUT2D eigenvalue weighted by Crippen LogP contribution is 2.55. The molecule has 0 unspecified atom stereocenters. The summed E-state index contributed by atoms with van der Waals surface area (Å²) < 4.78 is 49.9. The predicted molar refractivity (Wildman–Crippen MR) is 118 cm³/mol. The average molecular weight is 527 g/mol. The minimum Gasteiger partial charge on any atom is -0.360 e. The second-order valence-electron chi connectivity index (χ2n) is 7.65. The van der Waals surface area contributed by atoms with Crippen molar-refractivity contribution in [3.63, 3.8) is 0 Å². The summed E-state index contributed by atoms with van der Waals surface area (Å²) >= 11 is 12.2. The first kappa shape index (κ1) is 23.5. The van der Waals surface area contributed by atoms with Gasteiger partial charge < -0.3 is 10.1 Å². The van der Waals surface area contributed by atoms with Crippen molar-refractivity contribution in [3.8, 4) is 5.82 Å². The van der Waals surface area contributed by atoms with Gasteiger partial charge >= 0.3 is 6.18 Å². The summed E-state index contributed by atoms with van der Waals surface area (Å²) in [6, 6.07) is 2.72. The van der Waals surface area contributed by atoms with E-state index >= 15 is 0 Å². The Morgan fingerprint density at radius 1 is 1.23 bits per heavy atom. The van der Waals surface area contributed by atoms with Gasteiger partial charge in [-0.1, -0.05) is 23.2 Å². The van der Waals surface area contributed by atoms with Crippen LogP contribution in [0.1, 0.15) is 30.5 Å². The second kappa shape index (κ2) is 8.43. The van der Waals surface area contributed by atoms with Crippen molar-refractivity contribution < 1.29 is 22.7 Å². The maximum absolute atomic E-state index is 14.5. The molecule has 1 aliphatic rings. The van der Waals surface area contributed by atoms with E-state index in [0.29, 0.717) is 0 Å². The van der Waals surface area contributed by atoms with Gasteiger partial charge in [0.15, 0.2) is 16.6 Å². The number of fused-ring (bicyclic) bond motifs is 3. The van der Waals surface area contributed by atoms with Crippen molar-refractivity contribution in [3.05, 3.63) is 58.4 Å². The molecule has 0 radical (unpaired) electrons. The fraction of sp³-hybridized carbons (Fsp3) is 0.300. The Morgan fingerprint density at radius 2 is 1.97 bits per heavy atom. The smallest absolute Gasteiger partial charge is 0.360 e. The lowest BCUT2D eigenvalue weighted by Gasteiger charge is -2.32. The zero-order valence-corrected chi connectivity index (χ0v) is 19.3. The molecule has 10 nitrogen and oxygen atoms in total. The van der Waals surface area contributed by atoms with Crippen molar-refractivity contribution in [2.75, 3.05) is 11.9 Å². The molecule has 1 N–H and O–H groups in total. The molecule has 4 aromatic rings. The quantitative estimate of drug-likeness (QED) is 0.419. The first-order chi connectivity index (χ1) is 16.6.